The number of piperidine rings is 1. The van der Waals surface area contributed by atoms with Crippen LogP contribution in [0.15, 0.2) is 83.8 Å². The summed E-state index contributed by atoms with van der Waals surface area (Å²) in [5.41, 5.74) is 2.74. The average Bonchev–Trinajstić information content (AvgIpc) is 2.84. The van der Waals surface area contributed by atoms with Crippen molar-refractivity contribution < 1.29 is 17.9 Å². The fourth-order valence-electron chi connectivity index (χ4n) is 3.85. The Morgan fingerprint density at radius 2 is 1.70 bits per heavy atom. The van der Waals surface area contributed by atoms with Crippen LogP contribution >= 0.6 is 0 Å². The molecule has 4 rings (SSSR count). The quantitative estimate of drug-likeness (QED) is 0.554. The molecule has 3 aromatic rings. The monoisotopic (exact) mass is 464 g/mol. The molecule has 172 valence electrons. The summed E-state index contributed by atoms with van der Waals surface area (Å²) >= 11 is 0. The Hall–Kier alpha value is -3.16. The number of nitrogens with zero attached hydrogens (tertiary/aromatic N) is 1. The topological polar surface area (TPSA) is 75.7 Å². The standard InChI is InChI=1S/C26H28N2O4S/c1-20-9-15-25(16-10-20)33(30,31)28-17-5-8-22(18-28)26(29)27-23-11-13-24(14-12-23)32-19-21-6-3-2-4-7-21/h2-4,6-7,9-16,22H,5,8,17-19H2,1H3,(H,27,29). The largest absolute Gasteiger partial charge is 0.489 e. The zero-order valence-electron chi connectivity index (χ0n) is 18.6. The molecule has 33 heavy (non-hydrogen) atoms. The Balaban J connectivity index is 1.34. The molecular weight excluding hydrogens is 436 g/mol. The van der Waals surface area contributed by atoms with E-state index < -0.39 is 15.9 Å². The van der Waals surface area contributed by atoms with Gasteiger partial charge >= 0.3 is 0 Å². The van der Waals surface area contributed by atoms with Crippen molar-refractivity contribution in [2.45, 2.75) is 31.3 Å². The molecular formula is C26H28N2O4S. The SMILES string of the molecule is Cc1ccc(S(=O)(=O)N2CCCC(C(=O)Nc3ccc(OCc4ccccc4)cc3)C2)cc1. The Bertz CT molecular complexity index is 1180. The fraction of sp³-hybridized carbons (Fsp3) is 0.269. The highest BCUT2D eigenvalue weighted by atomic mass is 32.2. The third-order valence-corrected chi connectivity index (χ3v) is 7.66. The van der Waals surface area contributed by atoms with Gasteiger partial charge in [0.05, 0.1) is 10.8 Å². The number of aryl methyl sites for hydroxylation is 1. The third-order valence-electron chi connectivity index (χ3n) is 5.78. The number of carbonyl (C=O) groups is 1. The minimum absolute atomic E-state index is 0.170. The van der Waals surface area contributed by atoms with Crippen molar-refractivity contribution in [1.29, 1.82) is 0 Å². The molecule has 1 amide bonds. The molecule has 0 aromatic heterocycles. The minimum atomic E-state index is -3.62. The van der Waals surface area contributed by atoms with Gasteiger partial charge < -0.3 is 10.1 Å². The summed E-state index contributed by atoms with van der Waals surface area (Å²) in [5, 5.41) is 2.92. The van der Waals surface area contributed by atoms with Gasteiger partial charge in [-0.15, -0.1) is 0 Å². The molecule has 1 aliphatic heterocycles. The molecule has 0 radical (unpaired) electrons. The normalized spacial score (nSPS) is 16.8. The highest BCUT2D eigenvalue weighted by Crippen LogP contribution is 2.25. The lowest BCUT2D eigenvalue weighted by Gasteiger charge is -2.31. The van der Waals surface area contributed by atoms with E-state index in [1.54, 1.807) is 36.4 Å². The van der Waals surface area contributed by atoms with Gasteiger partial charge in [-0.05, 0) is 61.7 Å². The van der Waals surface area contributed by atoms with E-state index in [0.717, 1.165) is 11.1 Å². The van der Waals surface area contributed by atoms with Crippen LogP contribution in [0.3, 0.4) is 0 Å². The molecule has 6 nitrogen and oxygen atoms in total. The number of rotatable bonds is 7. The number of sulfonamides is 1. The van der Waals surface area contributed by atoms with Gasteiger partial charge in [0.25, 0.3) is 0 Å². The number of nitrogens with one attached hydrogen (secondary N) is 1. The van der Waals surface area contributed by atoms with E-state index in [-0.39, 0.29) is 17.3 Å². The first-order valence-electron chi connectivity index (χ1n) is 11.1. The number of anilines is 1. The smallest absolute Gasteiger partial charge is 0.243 e. The average molecular weight is 465 g/mol. The Morgan fingerprint density at radius 3 is 2.39 bits per heavy atom. The number of ether oxygens (including phenoxy) is 1. The van der Waals surface area contributed by atoms with E-state index in [9.17, 15) is 13.2 Å². The zero-order valence-corrected chi connectivity index (χ0v) is 19.4. The van der Waals surface area contributed by atoms with E-state index in [0.29, 0.717) is 37.4 Å². The summed E-state index contributed by atoms with van der Waals surface area (Å²) in [6.45, 7) is 2.99. The molecule has 0 bridgehead atoms. The molecule has 1 fully saturated rings. The van der Waals surface area contributed by atoms with E-state index in [4.69, 9.17) is 4.74 Å². The lowest BCUT2D eigenvalue weighted by Crippen LogP contribution is -2.43. The molecule has 1 heterocycles. The van der Waals surface area contributed by atoms with E-state index >= 15 is 0 Å². The maximum Gasteiger partial charge on any atom is 0.243 e. The van der Waals surface area contributed by atoms with Gasteiger partial charge in [-0.25, -0.2) is 8.42 Å². The second-order valence-electron chi connectivity index (χ2n) is 8.30. The van der Waals surface area contributed by atoms with E-state index in [1.165, 1.54) is 4.31 Å². The van der Waals surface area contributed by atoms with Gasteiger partial charge in [0.2, 0.25) is 15.9 Å². The van der Waals surface area contributed by atoms with Crippen molar-refractivity contribution >= 4 is 21.6 Å². The molecule has 1 unspecified atom stereocenters. The van der Waals surface area contributed by atoms with Gasteiger partial charge in [0.15, 0.2) is 0 Å². The predicted molar refractivity (Wildman–Crippen MR) is 129 cm³/mol. The molecule has 1 aliphatic rings. The molecule has 7 heteroatoms. The van der Waals surface area contributed by atoms with E-state index in [1.807, 2.05) is 49.4 Å². The summed E-state index contributed by atoms with van der Waals surface area (Å²) in [6, 6.07) is 23.9. The van der Waals surface area contributed by atoms with Gasteiger partial charge in [-0.2, -0.15) is 4.31 Å². The number of benzene rings is 3. The lowest BCUT2D eigenvalue weighted by molar-refractivity contribution is -0.120. The molecule has 0 aliphatic carbocycles. The second-order valence-corrected chi connectivity index (χ2v) is 10.2. The number of hydrogen-bond acceptors (Lipinski definition) is 4. The molecule has 0 spiro atoms. The van der Waals surface area contributed by atoms with E-state index in [2.05, 4.69) is 5.32 Å². The first kappa shape index (κ1) is 23.0. The van der Waals surface area contributed by atoms with Crippen molar-refractivity contribution in [3.8, 4) is 5.75 Å². The summed E-state index contributed by atoms with van der Waals surface area (Å²) < 4.78 is 33.2. The van der Waals surface area contributed by atoms with Crippen LogP contribution < -0.4 is 10.1 Å². The summed E-state index contributed by atoms with van der Waals surface area (Å²) in [4.78, 5) is 13.1. The second kappa shape index (κ2) is 10.2. The lowest BCUT2D eigenvalue weighted by atomic mass is 9.99. The number of amides is 1. The van der Waals surface area contributed by atoms with Gasteiger partial charge in [0, 0.05) is 18.8 Å². The molecule has 0 saturated carbocycles. The molecule has 1 N–H and O–H groups in total. The van der Waals surface area contributed by atoms with Crippen molar-refractivity contribution in [1.82, 2.24) is 4.31 Å². The zero-order chi connectivity index (χ0) is 23.3. The van der Waals surface area contributed by atoms with Crippen LogP contribution in [0.1, 0.15) is 24.0 Å². The van der Waals surface area contributed by atoms with Gasteiger partial charge in [-0.3, -0.25) is 4.79 Å². The maximum absolute atomic E-state index is 13.0. The number of hydrogen-bond donors (Lipinski definition) is 1. The van der Waals surface area contributed by atoms with Crippen molar-refractivity contribution in [3.63, 3.8) is 0 Å². The maximum atomic E-state index is 13.0. The Kier molecular flexibility index (Phi) is 7.11. The van der Waals surface area contributed by atoms with Gasteiger partial charge in [0.1, 0.15) is 12.4 Å². The molecule has 1 saturated heterocycles. The van der Waals surface area contributed by atoms with Crippen molar-refractivity contribution in [2.75, 3.05) is 18.4 Å². The van der Waals surface area contributed by atoms with Crippen molar-refractivity contribution in [3.05, 3.63) is 90.0 Å². The predicted octanol–water partition coefficient (Wildman–Crippen LogP) is 4.61. The first-order chi connectivity index (χ1) is 15.9. The van der Waals surface area contributed by atoms with Crippen molar-refractivity contribution in [2.24, 2.45) is 5.92 Å². The van der Waals surface area contributed by atoms with Crippen LogP contribution in [-0.4, -0.2) is 31.7 Å². The summed E-state index contributed by atoms with van der Waals surface area (Å²) in [7, 11) is -3.62. The summed E-state index contributed by atoms with van der Waals surface area (Å²) in [6.07, 6.45) is 1.31. The van der Waals surface area contributed by atoms with Crippen LogP contribution in [0.4, 0.5) is 5.69 Å². The summed E-state index contributed by atoms with van der Waals surface area (Å²) in [5.74, 6) is 0.148. The minimum Gasteiger partial charge on any atom is -0.489 e. The van der Waals surface area contributed by atoms with Crippen LogP contribution in [0.5, 0.6) is 5.75 Å². The molecule has 3 aromatic carbocycles. The first-order valence-corrected chi connectivity index (χ1v) is 12.5. The Labute approximate surface area is 195 Å². The van der Waals surface area contributed by atoms with Crippen LogP contribution in [0, 0.1) is 12.8 Å². The van der Waals surface area contributed by atoms with Crippen LogP contribution in [-0.2, 0) is 21.4 Å². The van der Waals surface area contributed by atoms with Crippen LogP contribution in [0.2, 0.25) is 0 Å². The van der Waals surface area contributed by atoms with Gasteiger partial charge in [-0.1, -0.05) is 48.0 Å². The van der Waals surface area contributed by atoms with Crippen LogP contribution in [0.25, 0.3) is 0 Å². The fourth-order valence-corrected chi connectivity index (χ4v) is 5.38. The Morgan fingerprint density at radius 1 is 1.00 bits per heavy atom. The molecule has 1 atom stereocenters. The highest BCUT2D eigenvalue weighted by molar-refractivity contribution is 7.89. The highest BCUT2D eigenvalue weighted by Gasteiger charge is 2.33. The number of carbonyl (C=O) groups excluding carboxylic acids is 1. The third kappa shape index (κ3) is 5.80.